The number of aliphatic hydroxyl groups excluding tert-OH is 1. The highest BCUT2D eigenvalue weighted by Crippen LogP contribution is 2.38. The molecule has 3 nitrogen and oxygen atoms in total. The van der Waals surface area contributed by atoms with Gasteiger partial charge in [-0.15, -0.1) is 0 Å². The standard InChI is InChI=1S/C19H37NO2/c1-15-6-5-11-20(12-15)13-17(21)14-22-18-9-7-16(8-10-18)19(2,3)4/h15-18,21H,5-14H2,1-4H3. The Labute approximate surface area is 137 Å². The summed E-state index contributed by atoms with van der Waals surface area (Å²) in [7, 11) is 0. The molecule has 0 bridgehead atoms. The molecule has 0 aromatic carbocycles. The molecule has 2 aliphatic rings. The lowest BCUT2D eigenvalue weighted by Crippen LogP contribution is -2.41. The highest BCUT2D eigenvalue weighted by atomic mass is 16.5. The Morgan fingerprint density at radius 3 is 2.41 bits per heavy atom. The van der Waals surface area contributed by atoms with Gasteiger partial charge in [-0.05, 0) is 62.3 Å². The Morgan fingerprint density at radius 2 is 1.82 bits per heavy atom. The summed E-state index contributed by atoms with van der Waals surface area (Å²) in [5.74, 6) is 1.60. The third-order valence-electron chi connectivity index (χ3n) is 5.63. The van der Waals surface area contributed by atoms with Crippen LogP contribution in [0.1, 0.15) is 66.2 Å². The average molecular weight is 312 g/mol. The van der Waals surface area contributed by atoms with Crippen molar-refractivity contribution >= 4 is 0 Å². The van der Waals surface area contributed by atoms with Crippen LogP contribution in [0, 0.1) is 17.3 Å². The number of rotatable bonds is 5. The SMILES string of the molecule is CC1CCCN(CC(O)COC2CCC(C(C)(C)C)CC2)C1. The maximum atomic E-state index is 10.2. The largest absolute Gasteiger partial charge is 0.389 e. The zero-order valence-electron chi connectivity index (χ0n) is 15.2. The van der Waals surface area contributed by atoms with E-state index in [-0.39, 0.29) is 6.10 Å². The first-order valence-electron chi connectivity index (χ1n) is 9.36. The van der Waals surface area contributed by atoms with E-state index in [0.717, 1.165) is 44.3 Å². The molecule has 2 atom stereocenters. The number of likely N-dealkylation sites (tertiary alicyclic amines) is 1. The molecule has 2 unspecified atom stereocenters. The van der Waals surface area contributed by atoms with Crippen molar-refractivity contribution in [1.82, 2.24) is 4.90 Å². The maximum absolute atomic E-state index is 10.2. The van der Waals surface area contributed by atoms with Gasteiger partial charge in [0.2, 0.25) is 0 Å². The average Bonchev–Trinajstić information content (AvgIpc) is 2.45. The Bertz CT molecular complexity index is 318. The third kappa shape index (κ3) is 5.82. The van der Waals surface area contributed by atoms with E-state index in [2.05, 4.69) is 32.6 Å². The first-order valence-corrected chi connectivity index (χ1v) is 9.36. The number of β-amino-alcohol motifs (C(OH)–C–C–N with tert-alkyl or cyclic N) is 1. The van der Waals surface area contributed by atoms with E-state index in [0.29, 0.717) is 18.1 Å². The summed E-state index contributed by atoms with van der Waals surface area (Å²) in [6, 6.07) is 0. The van der Waals surface area contributed by atoms with Crippen molar-refractivity contribution in [3.8, 4) is 0 Å². The number of nitrogens with zero attached hydrogens (tertiary/aromatic N) is 1. The van der Waals surface area contributed by atoms with Gasteiger partial charge in [-0.2, -0.15) is 0 Å². The van der Waals surface area contributed by atoms with Crippen LogP contribution >= 0.6 is 0 Å². The van der Waals surface area contributed by atoms with Crippen molar-refractivity contribution in [3.05, 3.63) is 0 Å². The fourth-order valence-electron chi connectivity index (χ4n) is 4.15. The zero-order chi connectivity index (χ0) is 16.2. The van der Waals surface area contributed by atoms with Crippen LogP contribution in [0.3, 0.4) is 0 Å². The molecule has 1 heterocycles. The predicted molar refractivity (Wildman–Crippen MR) is 92.0 cm³/mol. The smallest absolute Gasteiger partial charge is 0.0900 e. The van der Waals surface area contributed by atoms with Crippen molar-refractivity contribution in [2.75, 3.05) is 26.2 Å². The third-order valence-corrected chi connectivity index (χ3v) is 5.63. The minimum Gasteiger partial charge on any atom is -0.389 e. The summed E-state index contributed by atoms with van der Waals surface area (Å²) in [6.45, 7) is 12.9. The molecule has 0 aromatic heterocycles. The van der Waals surface area contributed by atoms with Crippen LogP contribution in [-0.2, 0) is 4.74 Å². The molecule has 1 aliphatic heterocycles. The molecule has 0 radical (unpaired) electrons. The Hall–Kier alpha value is -0.120. The normalized spacial score (nSPS) is 32.9. The molecule has 3 heteroatoms. The second-order valence-corrected chi connectivity index (χ2v) is 8.83. The molecule has 1 N–H and O–H groups in total. The van der Waals surface area contributed by atoms with Crippen LogP contribution in [0.2, 0.25) is 0 Å². The molecule has 1 aliphatic carbocycles. The molecule has 0 aromatic rings. The van der Waals surface area contributed by atoms with E-state index in [1.807, 2.05) is 0 Å². The van der Waals surface area contributed by atoms with Crippen LogP contribution in [0.5, 0.6) is 0 Å². The van der Waals surface area contributed by atoms with Gasteiger partial charge in [0, 0.05) is 13.1 Å². The lowest BCUT2D eigenvalue weighted by molar-refractivity contribution is -0.0466. The first kappa shape index (κ1) is 18.2. The van der Waals surface area contributed by atoms with Crippen molar-refractivity contribution in [2.24, 2.45) is 17.3 Å². The number of piperidine rings is 1. The Morgan fingerprint density at radius 1 is 1.14 bits per heavy atom. The summed E-state index contributed by atoms with van der Waals surface area (Å²) in [5, 5.41) is 10.2. The van der Waals surface area contributed by atoms with E-state index >= 15 is 0 Å². The highest BCUT2D eigenvalue weighted by Gasteiger charge is 2.30. The summed E-state index contributed by atoms with van der Waals surface area (Å²) < 4.78 is 6.00. The first-order chi connectivity index (χ1) is 10.3. The zero-order valence-corrected chi connectivity index (χ0v) is 15.2. The van der Waals surface area contributed by atoms with Gasteiger partial charge in [-0.3, -0.25) is 0 Å². The van der Waals surface area contributed by atoms with Gasteiger partial charge in [0.1, 0.15) is 0 Å². The summed E-state index contributed by atoms with van der Waals surface area (Å²) in [6.07, 6.45) is 7.51. The number of ether oxygens (including phenoxy) is 1. The molecule has 2 rings (SSSR count). The predicted octanol–water partition coefficient (Wildman–Crippen LogP) is 3.70. The topological polar surface area (TPSA) is 32.7 Å². The molecule has 22 heavy (non-hydrogen) atoms. The molecule has 2 fully saturated rings. The van der Waals surface area contributed by atoms with Crippen molar-refractivity contribution < 1.29 is 9.84 Å². The van der Waals surface area contributed by atoms with Crippen LogP contribution in [0.4, 0.5) is 0 Å². The molecule has 130 valence electrons. The van der Waals surface area contributed by atoms with Gasteiger partial charge >= 0.3 is 0 Å². The van der Waals surface area contributed by atoms with Crippen molar-refractivity contribution in [2.45, 2.75) is 78.4 Å². The van der Waals surface area contributed by atoms with Gasteiger partial charge in [0.05, 0.1) is 18.8 Å². The minimum atomic E-state index is -0.328. The Kier molecular flexibility index (Phi) is 6.73. The van der Waals surface area contributed by atoms with E-state index < -0.39 is 0 Å². The van der Waals surface area contributed by atoms with Gasteiger partial charge in [0.25, 0.3) is 0 Å². The van der Waals surface area contributed by atoms with Gasteiger partial charge < -0.3 is 14.7 Å². The molecule has 0 amide bonds. The monoisotopic (exact) mass is 311 g/mol. The highest BCUT2D eigenvalue weighted by molar-refractivity contribution is 4.81. The van der Waals surface area contributed by atoms with Gasteiger partial charge in [0.15, 0.2) is 0 Å². The van der Waals surface area contributed by atoms with E-state index in [1.165, 1.54) is 25.7 Å². The fourth-order valence-corrected chi connectivity index (χ4v) is 4.15. The fraction of sp³-hybridized carbons (Fsp3) is 1.00. The second-order valence-electron chi connectivity index (χ2n) is 8.83. The van der Waals surface area contributed by atoms with Crippen LogP contribution in [-0.4, -0.2) is 48.5 Å². The second kappa shape index (κ2) is 8.12. The van der Waals surface area contributed by atoms with E-state index in [4.69, 9.17) is 4.74 Å². The number of aliphatic hydroxyl groups is 1. The van der Waals surface area contributed by atoms with Crippen molar-refractivity contribution in [1.29, 1.82) is 0 Å². The summed E-state index contributed by atoms with van der Waals surface area (Å²) in [5.41, 5.74) is 0.426. The van der Waals surface area contributed by atoms with Crippen LogP contribution in [0.15, 0.2) is 0 Å². The van der Waals surface area contributed by atoms with Gasteiger partial charge in [-0.1, -0.05) is 27.7 Å². The minimum absolute atomic E-state index is 0.328. The summed E-state index contributed by atoms with van der Waals surface area (Å²) in [4.78, 5) is 2.40. The molecule has 1 saturated carbocycles. The van der Waals surface area contributed by atoms with E-state index in [1.54, 1.807) is 0 Å². The van der Waals surface area contributed by atoms with Crippen LogP contribution in [0.25, 0.3) is 0 Å². The quantitative estimate of drug-likeness (QED) is 0.840. The molecular weight excluding hydrogens is 274 g/mol. The lowest BCUT2D eigenvalue weighted by Gasteiger charge is -2.37. The molecular formula is C19H37NO2. The van der Waals surface area contributed by atoms with E-state index in [9.17, 15) is 5.11 Å². The molecule has 0 spiro atoms. The van der Waals surface area contributed by atoms with Gasteiger partial charge in [-0.25, -0.2) is 0 Å². The molecule has 1 saturated heterocycles. The maximum Gasteiger partial charge on any atom is 0.0900 e. The summed E-state index contributed by atoms with van der Waals surface area (Å²) >= 11 is 0. The van der Waals surface area contributed by atoms with Crippen molar-refractivity contribution in [3.63, 3.8) is 0 Å². The number of hydrogen-bond donors (Lipinski definition) is 1. The number of hydrogen-bond acceptors (Lipinski definition) is 3. The Balaban J connectivity index is 1.62. The van der Waals surface area contributed by atoms with Crippen LogP contribution < -0.4 is 0 Å². The lowest BCUT2D eigenvalue weighted by atomic mass is 9.72.